The molecule has 0 radical (unpaired) electrons. The Morgan fingerprint density at radius 2 is 1.90 bits per heavy atom. The van der Waals surface area contributed by atoms with Gasteiger partial charge in [0.2, 0.25) is 0 Å². The molecular weight excluding hydrogens is 254 g/mol. The molecule has 1 aliphatic heterocycles. The van der Waals surface area contributed by atoms with Gasteiger partial charge >= 0.3 is 0 Å². The first-order valence-corrected chi connectivity index (χ1v) is 6.89. The van der Waals surface area contributed by atoms with E-state index in [4.69, 9.17) is 5.84 Å². The lowest BCUT2D eigenvalue weighted by Crippen LogP contribution is -2.54. The van der Waals surface area contributed by atoms with Gasteiger partial charge in [-0.2, -0.15) is 0 Å². The zero-order valence-corrected chi connectivity index (χ0v) is 12.4. The summed E-state index contributed by atoms with van der Waals surface area (Å²) in [6, 6.07) is 3.46. The zero-order chi connectivity index (χ0) is 14.8. The Kier molecular flexibility index (Phi) is 4.25. The molecule has 1 aromatic rings. The predicted molar refractivity (Wildman–Crippen MR) is 79.3 cm³/mol. The molecule has 2 rings (SSSR count). The maximum Gasteiger partial charge on any atom is 0.255 e. The molecule has 1 amide bonds. The summed E-state index contributed by atoms with van der Waals surface area (Å²) in [5, 5.41) is 0. The molecule has 0 saturated carbocycles. The molecule has 20 heavy (non-hydrogen) atoms. The van der Waals surface area contributed by atoms with Crippen molar-refractivity contribution in [2.24, 2.45) is 5.84 Å². The number of hydrazine groups is 1. The molecule has 2 heterocycles. The molecule has 0 spiro atoms. The number of hydrogen-bond donors (Lipinski definition) is 2. The van der Waals surface area contributed by atoms with Gasteiger partial charge in [0.1, 0.15) is 5.82 Å². The summed E-state index contributed by atoms with van der Waals surface area (Å²) in [5.74, 6) is 5.85. The molecule has 1 saturated heterocycles. The Bertz CT molecular complexity index is 457. The second kappa shape index (κ2) is 5.76. The Hall–Kier alpha value is -1.66. The molecule has 110 valence electrons. The van der Waals surface area contributed by atoms with Gasteiger partial charge in [0.05, 0.1) is 5.56 Å². The van der Waals surface area contributed by atoms with Gasteiger partial charge in [-0.3, -0.25) is 9.69 Å². The van der Waals surface area contributed by atoms with Gasteiger partial charge < -0.3 is 10.3 Å². The minimum Gasteiger partial charge on any atom is -0.336 e. The number of nitrogens with zero attached hydrogens (tertiary/aromatic N) is 3. The van der Waals surface area contributed by atoms with Crippen molar-refractivity contribution in [3.05, 3.63) is 23.9 Å². The highest BCUT2D eigenvalue weighted by atomic mass is 16.2. The summed E-state index contributed by atoms with van der Waals surface area (Å²) in [6.45, 7) is 9.93. The first-order chi connectivity index (χ1) is 9.41. The summed E-state index contributed by atoms with van der Waals surface area (Å²) in [7, 11) is 0. The van der Waals surface area contributed by atoms with E-state index >= 15 is 0 Å². The van der Waals surface area contributed by atoms with Crippen molar-refractivity contribution in [2.75, 3.05) is 31.6 Å². The van der Waals surface area contributed by atoms with Crippen molar-refractivity contribution in [3.8, 4) is 0 Å². The first kappa shape index (κ1) is 14.7. The van der Waals surface area contributed by atoms with E-state index in [1.165, 1.54) is 0 Å². The van der Waals surface area contributed by atoms with E-state index < -0.39 is 0 Å². The highest BCUT2D eigenvalue weighted by Gasteiger charge is 2.28. The summed E-state index contributed by atoms with van der Waals surface area (Å²) in [5.41, 5.74) is 3.22. The van der Waals surface area contributed by atoms with Crippen molar-refractivity contribution in [3.63, 3.8) is 0 Å². The van der Waals surface area contributed by atoms with Crippen LogP contribution in [0.2, 0.25) is 0 Å². The van der Waals surface area contributed by atoms with Crippen LogP contribution in [0.4, 0.5) is 5.82 Å². The first-order valence-electron chi connectivity index (χ1n) is 6.89. The van der Waals surface area contributed by atoms with Gasteiger partial charge in [-0.1, -0.05) is 0 Å². The van der Waals surface area contributed by atoms with E-state index in [1.807, 2.05) is 4.90 Å². The monoisotopic (exact) mass is 277 g/mol. The molecule has 6 heteroatoms. The number of pyridine rings is 1. The number of anilines is 1. The Balaban J connectivity index is 1.97. The molecule has 1 aliphatic rings. The largest absolute Gasteiger partial charge is 0.336 e. The fourth-order valence-electron chi connectivity index (χ4n) is 2.37. The zero-order valence-electron chi connectivity index (χ0n) is 12.4. The van der Waals surface area contributed by atoms with Crippen LogP contribution in [0.5, 0.6) is 0 Å². The van der Waals surface area contributed by atoms with Crippen LogP contribution in [-0.2, 0) is 0 Å². The van der Waals surface area contributed by atoms with Gasteiger partial charge in [-0.15, -0.1) is 0 Å². The van der Waals surface area contributed by atoms with Gasteiger partial charge in [-0.25, -0.2) is 10.8 Å². The van der Waals surface area contributed by atoms with Gasteiger partial charge in [0, 0.05) is 37.9 Å². The topological polar surface area (TPSA) is 74.5 Å². The molecule has 0 unspecified atom stereocenters. The highest BCUT2D eigenvalue weighted by molar-refractivity contribution is 5.94. The van der Waals surface area contributed by atoms with E-state index in [0.29, 0.717) is 11.4 Å². The van der Waals surface area contributed by atoms with Gasteiger partial charge in [-0.05, 0) is 32.9 Å². The maximum atomic E-state index is 12.4. The fraction of sp³-hybridized carbons (Fsp3) is 0.571. The quantitative estimate of drug-likeness (QED) is 0.621. The molecule has 3 N–H and O–H groups in total. The molecule has 1 fully saturated rings. The normalized spacial score (nSPS) is 17.1. The molecule has 1 aromatic heterocycles. The van der Waals surface area contributed by atoms with E-state index in [0.717, 1.165) is 26.2 Å². The number of piperazine rings is 1. The standard InChI is InChI=1S/C14H23N5O/c1-14(2,3)19-8-6-18(7-9-19)13(20)11-4-5-12(17-15)16-10-11/h4-5,10H,6-9,15H2,1-3H3,(H,16,17). The SMILES string of the molecule is CC(C)(C)N1CCN(C(=O)c2ccc(NN)nc2)CC1. The van der Waals surface area contributed by atoms with Crippen LogP contribution in [-0.4, -0.2) is 52.4 Å². The number of amides is 1. The fourth-order valence-corrected chi connectivity index (χ4v) is 2.37. The number of aromatic nitrogens is 1. The third-order valence-electron chi connectivity index (χ3n) is 3.67. The summed E-state index contributed by atoms with van der Waals surface area (Å²) >= 11 is 0. The second-order valence-corrected chi connectivity index (χ2v) is 6.03. The van der Waals surface area contributed by atoms with Crippen LogP contribution in [0.15, 0.2) is 18.3 Å². The van der Waals surface area contributed by atoms with Crippen LogP contribution in [0, 0.1) is 0 Å². The molecule has 0 aromatic carbocycles. The maximum absolute atomic E-state index is 12.4. The molecule has 0 aliphatic carbocycles. The van der Waals surface area contributed by atoms with E-state index in [2.05, 4.69) is 36.1 Å². The number of nitrogen functional groups attached to an aromatic ring is 1. The van der Waals surface area contributed by atoms with Gasteiger partial charge in [0.25, 0.3) is 5.91 Å². The molecule has 6 nitrogen and oxygen atoms in total. The van der Waals surface area contributed by atoms with E-state index in [9.17, 15) is 4.79 Å². The smallest absolute Gasteiger partial charge is 0.255 e. The lowest BCUT2D eigenvalue weighted by molar-refractivity contribution is 0.0451. The van der Waals surface area contributed by atoms with Crippen molar-refractivity contribution >= 4 is 11.7 Å². The van der Waals surface area contributed by atoms with Crippen molar-refractivity contribution < 1.29 is 4.79 Å². The van der Waals surface area contributed by atoms with Crippen LogP contribution in [0.25, 0.3) is 0 Å². The highest BCUT2D eigenvalue weighted by Crippen LogP contribution is 2.17. The van der Waals surface area contributed by atoms with E-state index in [-0.39, 0.29) is 11.4 Å². The number of nitrogens with one attached hydrogen (secondary N) is 1. The third-order valence-corrected chi connectivity index (χ3v) is 3.67. The molecule has 0 atom stereocenters. The molecule has 0 bridgehead atoms. The summed E-state index contributed by atoms with van der Waals surface area (Å²) in [4.78, 5) is 20.7. The van der Waals surface area contributed by atoms with Crippen LogP contribution in [0.1, 0.15) is 31.1 Å². The predicted octanol–water partition coefficient (Wildman–Crippen LogP) is 0.924. The average molecular weight is 277 g/mol. The number of carbonyl (C=O) groups excluding carboxylic acids is 1. The van der Waals surface area contributed by atoms with Gasteiger partial charge in [0.15, 0.2) is 0 Å². The van der Waals surface area contributed by atoms with Crippen LogP contribution >= 0.6 is 0 Å². The van der Waals surface area contributed by atoms with E-state index in [1.54, 1.807) is 18.3 Å². The van der Waals surface area contributed by atoms with Crippen LogP contribution < -0.4 is 11.3 Å². The van der Waals surface area contributed by atoms with Crippen molar-refractivity contribution in [1.29, 1.82) is 0 Å². The molecular formula is C14H23N5O. The Morgan fingerprint density at radius 1 is 1.25 bits per heavy atom. The van der Waals surface area contributed by atoms with Crippen LogP contribution in [0.3, 0.4) is 0 Å². The number of rotatable bonds is 2. The second-order valence-electron chi connectivity index (χ2n) is 6.03. The van der Waals surface area contributed by atoms with Crippen molar-refractivity contribution in [2.45, 2.75) is 26.3 Å². The average Bonchev–Trinajstić information content (AvgIpc) is 2.46. The number of hydrogen-bond acceptors (Lipinski definition) is 5. The lowest BCUT2D eigenvalue weighted by atomic mass is 10.0. The number of carbonyl (C=O) groups is 1. The lowest BCUT2D eigenvalue weighted by Gasteiger charge is -2.42. The minimum absolute atomic E-state index is 0.0367. The summed E-state index contributed by atoms with van der Waals surface area (Å²) in [6.07, 6.45) is 1.56. The minimum atomic E-state index is 0.0367. The Labute approximate surface area is 119 Å². The number of nitrogens with two attached hydrogens (primary N) is 1. The Morgan fingerprint density at radius 3 is 2.35 bits per heavy atom. The third kappa shape index (κ3) is 3.26. The van der Waals surface area contributed by atoms with Crippen molar-refractivity contribution in [1.82, 2.24) is 14.8 Å². The summed E-state index contributed by atoms with van der Waals surface area (Å²) < 4.78 is 0.